The molecule has 156 valence electrons. The number of hydrogen-bond donors (Lipinski definition) is 1. The molecule has 0 bridgehead atoms. The summed E-state index contributed by atoms with van der Waals surface area (Å²) >= 11 is 0. The summed E-state index contributed by atoms with van der Waals surface area (Å²) in [6, 6.07) is 9.17. The van der Waals surface area contributed by atoms with Crippen molar-refractivity contribution >= 4 is 19.9 Å². The lowest BCUT2D eigenvalue weighted by atomic mass is 10.2. The molecule has 30 heavy (non-hydrogen) atoms. The van der Waals surface area contributed by atoms with Gasteiger partial charge in [0.15, 0.2) is 0 Å². The van der Waals surface area contributed by atoms with Gasteiger partial charge in [0, 0.05) is 18.9 Å². The fourth-order valence-corrected chi connectivity index (χ4v) is 6.06. The number of aryl methyl sites for hydroxylation is 1. The number of fused-ring (bicyclic) bond motifs is 2. The molecular formula is C20H17FN2O5S2. The zero-order chi connectivity index (χ0) is 21.5. The van der Waals surface area contributed by atoms with Crippen molar-refractivity contribution in [3.8, 4) is 11.5 Å². The first kappa shape index (κ1) is 20.5. The lowest BCUT2D eigenvalue weighted by Crippen LogP contribution is -2.27. The first-order valence-electron chi connectivity index (χ1n) is 8.94. The minimum absolute atomic E-state index is 0.000850. The van der Waals surface area contributed by atoms with Gasteiger partial charge in [-0.1, -0.05) is 6.07 Å². The van der Waals surface area contributed by atoms with Gasteiger partial charge in [0.25, 0.3) is 0 Å². The van der Waals surface area contributed by atoms with Gasteiger partial charge in [0.1, 0.15) is 27.1 Å². The van der Waals surface area contributed by atoms with Crippen LogP contribution in [0, 0.1) is 12.7 Å². The van der Waals surface area contributed by atoms with Gasteiger partial charge in [-0.25, -0.2) is 25.9 Å². The molecule has 1 aliphatic heterocycles. The van der Waals surface area contributed by atoms with Gasteiger partial charge in [-0.15, -0.1) is 0 Å². The van der Waals surface area contributed by atoms with Crippen LogP contribution in [0.5, 0.6) is 11.5 Å². The number of hydrogen-bond acceptors (Lipinski definition) is 6. The molecule has 0 saturated heterocycles. The quantitative estimate of drug-likeness (QED) is 0.504. The Kier molecular flexibility index (Phi) is 5.08. The summed E-state index contributed by atoms with van der Waals surface area (Å²) in [6.45, 7) is 1.66. The Labute approximate surface area is 173 Å². The number of halogens is 1. The normalized spacial score (nSPS) is 14.5. The van der Waals surface area contributed by atoms with Crippen LogP contribution in [0.15, 0.2) is 69.5 Å². The van der Waals surface area contributed by atoms with E-state index in [2.05, 4.69) is 9.71 Å². The van der Waals surface area contributed by atoms with Gasteiger partial charge in [0.05, 0.1) is 4.90 Å². The molecule has 3 aromatic rings. The number of aromatic nitrogens is 1. The third-order valence-corrected chi connectivity index (χ3v) is 8.06. The molecule has 2 aromatic carbocycles. The van der Waals surface area contributed by atoms with Crippen molar-refractivity contribution in [2.45, 2.75) is 28.0 Å². The van der Waals surface area contributed by atoms with Crippen LogP contribution in [0.3, 0.4) is 0 Å². The van der Waals surface area contributed by atoms with E-state index >= 15 is 0 Å². The van der Waals surface area contributed by atoms with E-state index in [1.54, 1.807) is 25.4 Å². The van der Waals surface area contributed by atoms with E-state index in [1.165, 1.54) is 12.1 Å². The number of sulfonamides is 1. The molecular weight excluding hydrogens is 431 g/mol. The Morgan fingerprint density at radius 2 is 1.87 bits per heavy atom. The highest BCUT2D eigenvalue weighted by Crippen LogP contribution is 2.44. The number of rotatable bonds is 5. The Bertz CT molecular complexity index is 1340. The second kappa shape index (κ2) is 7.46. The van der Waals surface area contributed by atoms with Crippen molar-refractivity contribution in [1.82, 2.24) is 9.71 Å². The fourth-order valence-electron chi connectivity index (χ4n) is 3.19. The maximum atomic E-state index is 13.6. The van der Waals surface area contributed by atoms with Gasteiger partial charge >= 0.3 is 0 Å². The summed E-state index contributed by atoms with van der Waals surface area (Å²) in [5, 5.41) is 0. The maximum Gasteiger partial charge on any atom is 0.240 e. The standard InChI is InChI=1S/C20H17FN2O5S2/c1-13-9-17-20(29(24,25)19-10-15(21)4-5-16(19)28-17)11-18(13)30(26,27)23-8-6-14-3-2-7-22-12-14/h2-5,7,9-12,23H,6,8H2,1H3. The van der Waals surface area contributed by atoms with E-state index < -0.39 is 25.7 Å². The molecule has 0 aliphatic carbocycles. The minimum Gasteiger partial charge on any atom is -0.455 e. The van der Waals surface area contributed by atoms with Crippen molar-refractivity contribution in [3.63, 3.8) is 0 Å². The van der Waals surface area contributed by atoms with Gasteiger partial charge in [0.2, 0.25) is 19.9 Å². The molecule has 0 amide bonds. The monoisotopic (exact) mass is 448 g/mol. The molecule has 0 atom stereocenters. The van der Waals surface area contributed by atoms with Crippen LogP contribution in [-0.4, -0.2) is 28.4 Å². The van der Waals surface area contributed by atoms with E-state index in [-0.39, 0.29) is 32.7 Å². The van der Waals surface area contributed by atoms with Crippen LogP contribution < -0.4 is 9.46 Å². The average molecular weight is 448 g/mol. The Balaban J connectivity index is 1.67. The second-order valence-electron chi connectivity index (χ2n) is 6.77. The van der Waals surface area contributed by atoms with E-state index in [1.807, 2.05) is 6.07 Å². The van der Waals surface area contributed by atoms with Crippen molar-refractivity contribution in [2.24, 2.45) is 0 Å². The van der Waals surface area contributed by atoms with Crippen LogP contribution in [-0.2, 0) is 26.3 Å². The number of nitrogens with one attached hydrogen (secondary N) is 1. The molecule has 0 saturated carbocycles. The summed E-state index contributed by atoms with van der Waals surface area (Å²) < 4.78 is 73.2. The highest BCUT2D eigenvalue weighted by molar-refractivity contribution is 7.92. The Morgan fingerprint density at radius 1 is 1.10 bits per heavy atom. The van der Waals surface area contributed by atoms with Crippen LogP contribution in [0.4, 0.5) is 4.39 Å². The van der Waals surface area contributed by atoms with Crippen LogP contribution >= 0.6 is 0 Å². The van der Waals surface area contributed by atoms with Crippen molar-refractivity contribution in [3.05, 3.63) is 71.8 Å². The molecule has 1 aliphatic rings. The lowest BCUT2D eigenvalue weighted by Gasteiger charge is -2.22. The predicted octanol–water partition coefficient (Wildman–Crippen LogP) is 2.99. The average Bonchev–Trinajstić information content (AvgIpc) is 2.69. The van der Waals surface area contributed by atoms with Crippen LogP contribution in [0.1, 0.15) is 11.1 Å². The molecule has 1 N–H and O–H groups in total. The lowest BCUT2D eigenvalue weighted by molar-refractivity contribution is 0.438. The van der Waals surface area contributed by atoms with Crippen LogP contribution in [0.25, 0.3) is 0 Å². The zero-order valence-electron chi connectivity index (χ0n) is 15.8. The topological polar surface area (TPSA) is 102 Å². The molecule has 2 heterocycles. The number of pyridine rings is 1. The summed E-state index contributed by atoms with van der Waals surface area (Å²) in [7, 11) is -8.15. The number of sulfone groups is 1. The highest BCUT2D eigenvalue weighted by Gasteiger charge is 2.34. The molecule has 1 aromatic heterocycles. The minimum atomic E-state index is -4.15. The first-order chi connectivity index (χ1) is 14.2. The van der Waals surface area contributed by atoms with Crippen LogP contribution in [0.2, 0.25) is 0 Å². The number of ether oxygens (including phenoxy) is 1. The van der Waals surface area contributed by atoms with Crippen molar-refractivity contribution in [1.29, 1.82) is 0 Å². The SMILES string of the molecule is Cc1cc2c(cc1S(=O)(=O)NCCc1cccnc1)S(=O)(=O)c1cc(F)ccc1O2. The van der Waals surface area contributed by atoms with Crippen molar-refractivity contribution in [2.75, 3.05) is 6.54 Å². The number of benzene rings is 2. The molecule has 0 unspecified atom stereocenters. The fraction of sp³-hybridized carbons (Fsp3) is 0.150. The predicted molar refractivity (Wildman–Crippen MR) is 106 cm³/mol. The first-order valence-corrected chi connectivity index (χ1v) is 11.9. The number of nitrogens with zero attached hydrogens (tertiary/aromatic N) is 1. The molecule has 0 radical (unpaired) electrons. The Morgan fingerprint density at radius 3 is 2.60 bits per heavy atom. The molecule has 0 spiro atoms. The highest BCUT2D eigenvalue weighted by atomic mass is 32.2. The van der Waals surface area contributed by atoms with Gasteiger partial charge in [-0.3, -0.25) is 4.98 Å². The summed E-state index contributed by atoms with van der Waals surface area (Å²) in [4.78, 5) is 3.13. The molecule has 10 heteroatoms. The molecule has 0 fully saturated rings. The summed E-state index contributed by atoms with van der Waals surface area (Å²) in [6.07, 6.45) is 3.68. The molecule has 7 nitrogen and oxygen atoms in total. The van der Waals surface area contributed by atoms with E-state index in [4.69, 9.17) is 4.74 Å². The maximum absolute atomic E-state index is 13.6. The zero-order valence-corrected chi connectivity index (χ0v) is 17.4. The van der Waals surface area contributed by atoms with Crippen molar-refractivity contribution < 1.29 is 26.0 Å². The van der Waals surface area contributed by atoms with E-state index in [0.717, 1.165) is 23.8 Å². The van der Waals surface area contributed by atoms with Gasteiger partial charge in [-0.05, 0) is 60.9 Å². The Hall–Kier alpha value is -2.82. The largest absolute Gasteiger partial charge is 0.455 e. The smallest absolute Gasteiger partial charge is 0.240 e. The van der Waals surface area contributed by atoms with E-state index in [0.29, 0.717) is 12.0 Å². The molecule has 4 rings (SSSR count). The van der Waals surface area contributed by atoms with E-state index in [9.17, 15) is 21.2 Å². The second-order valence-corrected chi connectivity index (χ2v) is 10.4. The van der Waals surface area contributed by atoms with Gasteiger partial charge < -0.3 is 4.74 Å². The summed E-state index contributed by atoms with van der Waals surface area (Å²) in [5.41, 5.74) is 1.18. The third-order valence-electron chi connectivity index (χ3n) is 4.66. The summed E-state index contributed by atoms with van der Waals surface area (Å²) in [5.74, 6) is -0.740. The van der Waals surface area contributed by atoms with Gasteiger partial charge in [-0.2, -0.15) is 0 Å². The third kappa shape index (κ3) is 3.69.